The molecule has 2 unspecified atom stereocenters. The summed E-state index contributed by atoms with van der Waals surface area (Å²) in [5, 5.41) is 0. The van der Waals surface area contributed by atoms with Gasteiger partial charge in [-0.05, 0) is 25.5 Å². The summed E-state index contributed by atoms with van der Waals surface area (Å²) < 4.78 is 5.48. The van der Waals surface area contributed by atoms with E-state index in [1.54, 1.807) is 13.2 Å². The van der Waals surface area contributed by atoms with Crippen LogP contribution in [0.3, 0.4) is 0 Å². The van der Waals surface area contributed by atoms with Crippen LogP contribution in [-0.4, -0.2) is 31.2 Å². The molecule has 0 aliphatic heterocycles. The molecule has 0 saturated heterocycles. The molecule has 0 spiro atoms. The van der Waals surface area contributed by atoms with Crippen LogP contribution in [0, 0.1) is 6.92 Å². The van der Waals surface area contributed by atoms with Crippen LogP contribution in [0.25, 0.3) is 0 Å². The highest BCUT2D eigenvalue weighted by Crippen LogP contribution is 2.26. The number of ether oxygens (including phenoxy) is 1. The number of hydrogen-bond donors (Lipinski definition) is 0. The molecule has 0 N–H and O–H groups in total. The predicted molar refractivity (Wildman–Crippen MR) is 96.1 cm³/mol. The lowest BCUT2D eigenvalue weighted by Gasteiger charge is -2.37. The molecule has 0 saturated carbocycles. The minimum absolute atomic E-state index is 0.250. The van der Waals surface area contributed by atoms with Gasteiger partial charge in [-0.15, -0.1) is 0 Å². The molecule has 0 aliphatic carbocycles. The molecule has 0 aliphatic rings. The minimum atomic E-state index is 0.250. The normalized spacial score (nSPS) is 13.8. The zero-order chi connectivity index (χ0) is 16.5. The third-order valence-corrected chi connectivity index (χ3v) is 4.05. The highest BCUT2D eigenvalue weighted by atomic mass is 16.5. The number of hydrogen-bond acceptors (Lipinski definition) is 2. The average molecular weight is 299 g/mol. The monoisotopic (exact) mass is 299 g/mol. The quantitative estimate of drug-likeness (QED) is 0.613. The van der Waals surface area contributed by atoms with Crippen LogP contribution >= 0.6 is 0 Å². The Morgan fingerprint density at radius 3 is 2.45 bits per heavy atom. The molecule has 1 aromatic rings. The van der Waals surface area contributed by atoms with Crippen molar-refractivity contribution < 1.29 is 4.74 Å². The van der Waals surface area contributed by atoms with Crippen LogP contribution < -0.4 is 0 Å². The summed E-state index contributed by atoms with van der Waals surface area (Å²) in [7, 11) is 1.76. The molecule has 0 bridgehead atoms. The molecule has 120 valence electrons. The molecule has 1 aromatic carbocycles. The maximum absolute atomic E-state index is 5.48. The fraction of sp³-hybridized carbons (Fsp3) is 0.400. The van der Waals surface area contributed by atoms with E-state index in [4.69, 9.17) is 4.74 Å². The van der Waals surface area contributed by atoms with Gasteiger partial charge < -0.3 is 9.64 Å². The van der Waals surface area contributed by atoms with E-state index in [1.807, 2.05) is 12.2 Å². The molecule has 0 radical (unpaired) electrons. The summed E-state index contributed by atoms with van der Waals surface area (Å²) >= 11 is 0. The molecule has 0 amide bonds. The summed E-state index contributed by atoms with van der Waals surface area (Å²) in [5.41, 5.74) is 3.60. The second-order valence-electron chi connectivity index (χ2n) is 5.59. The average Bonchev–Trinajstić information content (AvgIpc) is 2.52. The third kappa shape index (κ3) is 4.88. The molecule has 0 aromatic heterocycles. The number of nitrogens with zero attached hydrogens (tertiary/aromatic N) is 1. The van der Waals surface area contributed by atoms with Gasteiger partial charge in [0.25, 0.3) is 0 Å². The first-order chi connectivity index (χ1) is 10.5. The lowest BCUT2D eigenvalue weighted by molar-refractivity contribution is 0.103. The van der Waals surface area contributed by atoms with Gasteiger partial charge in [-0.3, -0.25) is 0 Å². The Labute approximate surface area is 135 Å². The van der Waals surface area contributed by atoms with Gasteiger partial charge in [0, 0.05) is 25.3 Å². The van der Waals surface area contributed by atoms with Crippen LogP contribution in [0.4, 0.5) is 0 Å². The van der Waals surface area contributed by atoms with Gasteiger partial charge in [0.05, 0.1) is 12.6 Å². The zero-order valence-corrected chi connectivity index (χ0v) is 14.4. The van der Waals surface area contributed by atoms with Crippen LogP contribution in [-0.2, 0) is 4.74 Å². The Morgan fingerprint density at radius 2 is 1.95 bits per heavy atom. The first-order valence-corrected chi connectivity index (χ1v) is 7.85. The number of benzene rings is 1. The van der Waals surface area contributed by atoms with E-state index in [-0.39, 0.29) is 6.04 Å². The molecular weight excluding hydrogens is 270 g/mol. The van der Waals surface area contributed by atoms with Crippen molar-refractivity contribution in [3.63, 3.8) is 0 Å². The van der Waals surface area contributed by atoms with Crippen molar-refractivity contribution in [2.75, 3.05) is 20.3 Å². The summed E-state index contributed by atoms with van der Waals surface area (Å²) in [5.74, 6) is 0.356. The Bertz CT molecular complexity index is 501. The maximum atomic E-state index is 5.48. The largest absolute Gasteiger partial charge is 0.383 e. The summed E-state index contributed by atoms with van der Waals surface area (Å²) in [6.07, 6.45) is 5.69. The van der Waals surface area contributed by atoms with E-state index >= 15 is 0 Å². The lowest BCUT2D eigenvalue weighted by atomic mass is 9.91. The van der Waals surface area contributed by atoms with E-state index < -0.39 is 0 Å². The van der Waals surface area contributed by atoms with Crippen LogP contribution in [0.1, 0.15) is 30.9 Å². The standard InChI is InChI=1S/C20H29NO/c1-7-9-10-17(4)21(8-2)20(15-22-6)18(5)19-13-11-16(3)12-14-19/h7,9-14,18,20H,1,4,8,15H2,2-3,5-6H3/b10-9-. The van der Waals surface area contributed by atoms with Crippen molar-refractivity contribution >= 4 is 0 Å². The molecule has 22 heavy (non-hydrogen) atoms. The van der Waals surface area contributed by atoms with Crippen LogP contribution in [0.2, 0.25) is 0 Å². The minimum Gasteiger partial charge on any atom is -0.383 e. The van der Waals surface area contributed by atoms with Gasteiger partial charge in [0.15, 0.2) is 0 Å². The van der Waals surface area contributed by atoms with Gasteiger partial charge in [0.1, 0.15) is 0 Å². The van der Waals surface area contributed by atoms with Crippen molar-refractivity contribution in [1.29, 1.82) is 0 Å². The number of aryl methyl sites for hydroxylation is 1. The Hall–Kier alpha value is -1.80. The summed E-state index contributed by atoms with van der Waals surface area (Å²) in [4.78, 5) is 2.30. The van der Waals surface area contributed by atoms with E-state index in [2.05, 4.69) is 63.1 Å². The molecule has 0 fully saturated rings. The fourth-order valence-electron chi connectivity index (χ4n) is 2.69. The fourth-order valence-corrected chi connectivity index (χ4v) is 2.69. The predicted octanol–water partition coefficient (Wildman–Crippen LogP) is 4.69. The van der Waals surface area contributed by atoms with Gasteiger partial charge in [-0.25, -0.2) is 0 Å². The molecule has 1 rings (SSSR count). The number of rotatable bonds is 9. The van der Waals surface area contributed by atoms with Gasteiger partial charge in [-0.1, -0.05) is 62.1 Å². The topological polar surface area (TPSA) is 12.5 Å². The van der Waals surface area contributed by atoms with Gasteiger partial charge in [0.2, 0.25) is 0 Å². The van der Waals surface area contributed by atoms with Crippen molar-refractivity contribution in [2.45, 2.75) is 32.7 Å². The molecule has 2 atom stereocenters. The Morgan fingerprint density at radius 1 is 1.32 bits per heavy atom. The molecule has 0 heterocycles. The van der Waals surface area contributed by atoms with Crippen molar-refractivity contribution in [2.24, 2.45) is 0 Å². The maximum Gasteiger partial charge on any atom is 0.0672 e. The zero-order valence-electron chi connectivity index (χ0n) is 14.4. The second-order valence-corrected chi connectivity index (χ2v) is 5.59. The van der Waals surface area contributed by atoms with E-state index in [1.165, 1.54) is 11.1 Å². The Kier molecular flexibility index (Phi) is 7.69. The van der Waals surface area contributed by atoms with Crippen molar-refractivity contribution in [1.82, 2.24) is 4.90 Å². The Balaban J connectivity index is 3.02. The van der Waals surface area contributed by atoms with E-state index in [0.29, 0.717) is 12.5 Å². The molecule has 2 heteroatoms. The first-order valence-electron chi connectivity index (χ1n) is 7.85. The SMILES string of the molecule is C=C/C=C\C(=C)N(CC)C(COC)C(C)c1ccc(C)cc1. The lowest BCUT2D eigenvalue weighted by Crippen LogP contribution is -2.40. The number of allylic oxidation sites excluding steroid dienone is 3. The second kappa shape index (κ2) is 9.26. The highest BCUT2D eigenvalue weighted by molar-refractivity contribution is 5.27. The number of methoxy groups -OCH3 is 1. The summed E-state index contributed by atoms with van der Waals surface area (Å²) in [6.45, 7) is 16.0. The molecule has 2 nitrogen and oxygen atoms in total. The van der Waals surface area contributed by atoms with Crippen LogP contribution in [0.15, 0.2) is 61.3 Å². The van der Waals surface area contributed by atoms with Crippen molar-refractivity contribution in [3.8, 4) is 0 Å². The van der Waals surface area contributed by atoms with Gasteiger partial charge >= 0.3 is 0 Å². The highest BCUT2D eigenvalue weighted by Gasteiger charge is 2.25. The third-order valence-electron chi connectivity index (χ3n) is 4.05. The smallest absolute Gasteiger partial charge is 0.0672 e. The van der Waals surface area contributed by atoms with Gasteiger partial charge in [-0.2, -0.15) is 0 Å². The summed E-state index contributed by atoms with van der Waals surface area (Å²) in [6, 6.07) is 8.99. The number of likely N-dealkylation sites (N-methyl/N-ethyl adjacent to an activating group) is 1. The molecular formula is C20H29NO. The van der Waals surface area contributed by atoms with Crippen molar-refractivity contribution in [3.05, 3.63) is 72.5 Å². The first kappa shape index (κ1) is 18.2. The van der Waals surface area contributed by atoms with E-state index in [9.17, 15) is 0 Å². The van der Waals surface area contributed by atoms with E-state index in [0.717, 1.165) is 12.2 Å². The van der Waals surface area contributed by atoms with Crippen LogP contribution in [0.5, 0.6) is 0 Å².